The standard InChI is InChI=1S/C5H10ClN/c6-7-4-2-1-3-5-7/h1-5H2. The first-order valence-corrected chi connectivity index (χ1v) is 3.14. The Kier molecular flexibility index (Phi) is 1.95. The van der Waals surface area contributed by atoms with Gasteiger partial charge in [-0.15, -0.1) is 0 Å². The largest absolute Gasteiger partial charge is 0.220 e. The molecule has 1 aliphatic heterocycles. The first-order chi connectivity index (χ1) is 3.39. The van der Waals surface area contributed by atoms with Gasteiger partial charge in [-0.1, -0.05) is 6.42 Å². The molecule has 0 aromatic carbocycles. The highest BCUT2D eigenvalue weighted by molar-refractivity contribution is 6.13. The topological polar surface area (TPSA) is 3.24 Å². The smallest absolute Gasteiger partial charge is 0.0139 e. The molecule has 0 N–H and O–H groups in total. The molecule has 1 fully saturated rings. The van der Waals surface area contributed by atoms with Crippen LogP contribution < -0.4 is 0 Å². The summed E-state index contributed by atoms with van der Waals surface area (Å²) in [6, 6.07) is 0. The molecule has 0 bridgehead atoms. The number of piperidine rings is 1. The highest BCUT2D eigenvalue weighted by atomic mass is 35.5. The van der Waals surface area contributed by atoms with Crippen molar-refractivity contribution in [2.45, 2.75) is 19.3 Å². The van der Waals surface area contributed by atoms with Crippen LogP contribution in [0.1, 0.15) is 19.3 Å². The summed E-state index contributed by atoms with van der Waals surface area (Å²) in [5.41, 5.74) is 0. The van der Waals surface area contributed by atoms with Gasteiger partial charge in [-0.2, -0.15) is 0 Å². The molecular formula is C5H10ClN. The summed E-state index contributed by atoms with van der Waals surface area (Å²) in [6.07, 6.45) is 3.93. The average molecular weight is 120 g/mol. The Bertz CT molecular complexity index is 50.0. The van der Waals surface area contributed by atoms with Crippen LogP contribution in [0.4, 0.5) is 0 Å². The third-order valence-electron chi connectivity index (χ3n) is 1.30. The zero-order valence-electron chi connectivity index (χ0n) is 4.36. The van der Waals surface area contributed by atoms with E-state index in [0.29, 0.717) is 0 Å². The van der Waals surface area contributed by atoms with Gasteiger partial charge in [0.25, 0.3) is 0 Å². The third kappa shape index (κ3) is 1.66. The van der Waals surface area contributed by atoms with Crippen molar-refractivity contribution in [1.29, 1.82) is 0 Å². The minimum atomic E-state index is 1.08. The van der Waals surface area contributed by atoms with Gasteiger partial charge in [-0.05, 0) is 24.6 Å². The van der Waals surface area contributed by atoms with E-state index in [2.05, 4.69) is 0 Å². The SMILES string of the molecule is ClN1CCCCC1. The van der Waals surface area contributed by atoms with Crippen molar-refractivity contribution in [3.05, 3.63) is 0 Å². The number of nitrogens with zero attached hydrogens (tertiary/aromatic N) is 1. The van der Waals surface area contributed by atoms with E-state index >= 15 is 0 Å². The van der Waals surface area contributed by atoms with Crippen LogP contribution in [0.3, 0.4) is 0 Å². The maximum Gasteiger partial charge on any atom is 0.0139 e. The summed E-state index contributed by atoms with van der Waals surface area (Å²) < 4.78 is 1.86. The minimum absolute atomic E-state index is 1.08. The molecular weight excluding hydrogens is 110 g/mol. The van der Waals surface area contributed by atoms with E-state index in [1.165, 1.54) is 19.3 Å². The predicted octanol–water partition coefficient (Wildman–Crippen LogP) is 1.63. The van der Waals surface area contributed by atoms with Gasteiger partial charge in [0.2, 0.25) is 0 Å². The zero-order chi connectivity index (χ0) is 5.11. The van der Waals surface area contributed by atoms with E-state index in [-0.39, 0.29) is 0 Å². The first kappa shape index (κ1) is 5.39. The van der Waals surface area contributed by atoms with E-state index < -0.39 is 0 Å². The molecule has 0 atom stereocenters. The molecule has 0 radical (unpaired) electrons. The second-order valence-electron chi connectivity index (χ2n) is 1.97. The Morgan fingerprint density at radius 3 is 1.86 bits per heavy atom. The number of rotatable bonds is 0. The van der Waals surface area contributed by atoms with Crippen molar-refractivity contribution in [1.82, 2.24) is 4.42 Å². The molecule has 1 saturated heterocycles. The van der Waals surface area contributed by atoms with Gasteiger partial charge >= 0.3 is 0 Å². The molecule has 1 rings (SSSR count). The van der Waals surface area contributed by atoms with Gasteiger partial charge < -0.3 is 0 Å². The number of halogens is 1. The monoisotopic (exact) mass is 119 g/mol. The van der Waals surface area contributed by atoms with E-state index in [0.717, 1.165) is 13.1 Å². The Morgan fingerprint density at radius 1 is 1.00 bits per heavy atom. The van der Waals surface area contributed by atoms with E-state index in [1.807, 2.05) is 4.42 Å². The Balaban J connectivity index is 2.12. The molecule has 0 spiro atoms. The van der Waals surface area contributed by atoms with Gasteiger partial charge in [0.05, 0.1) is 0 Å². The molecule has 42 valence electrons. The predicted molar refractivity (Wildman–Crippen MR) is 31.3 cm³/mol. The van der Waals surface area contributed by atoms with Crippen LogP contribution >= 0.6 is 11.8 Å². The number of hydrogen-bond donors (Lipinski definition) is 0. The Labute approximate surface area is 49.4 Å². The van der Waals surface area contributed by atoms with Crippen molar-refractivity contribution in [2.24, 2.45) is 0 Å². The van der Waals surface area contributed by atoms with Crippen molar-refractivity contribution in [3.63, 3.8) is 0 Å². The van der Waals surface area contributed by atoms with Gasteiger partial charge in [0.1, 0.15) is 0 Å². The molecule has 2 heteroatoms. The highest BCUT2D eigenvalue weighted by Crippen LogP contribution is 2.09. The lowest BCUT2D eigenvalue weighted by Crippen LogP contribution is -2.19. The van der Waals surface area contributed by atoms with Gasteiger partial charge in [-0.3, -0.25) is 0 Å². The van der Waals surface area contributed by atoms with Crippen LogP contribution in [0.2, 0.25) is 0 Å². The van der Waals surface area contributed by atoms with Crippen LogP contribution in [0.25, 0.3) is 0 Å². The fourth-order valence-corrected chi connectivity index (χ4v) is 1.09. The van der Waals surface area contributed by atoms with Crippen LogP contribution in [-0.2, 0) is 0 Å². The fourth-order valence-electron chi connectivity index (χ4n) is 0.855. The van der Waals surface area contributed by atoms with Crippen molar-refractivity contribution in [2.75, 3.05) is 13.1 Å². The summed E-state index contributed by atoms with van der Waals surface area (Å²) in [6.45, 7) is 2.17. The minimum Gasteiger partial charge on any atom is -0.220 e. The summed E-state index contributed by atoms with van der Waals surface area (Å²) >= 11 is 5.65. The fraction of sp³-hybridized carbons (Fsp3) is 1.00. The lowest BCUT2D eigenvalue weighted by atomic mass is 10.2. The molecule has 1 nitrogen and oxygen atoms in total. The highest BCUT2D eigenvalue weighted by Gasteiger charge is 2.04. The van der Waals surface area contributed by atoms with Crippen LogP contribution in [0.15, 0.2) is 0 Å². The van der Waals surface area contributed by atoms with Gasteiger partial charge in [-0.25, -0.2) is 4.42 Å². The normalized spacial score (nSPS) is 25.3. The molecule has 0 unspecified atom stereocenters. The molecule has 0 aromatic heterocycles. The summed E-state index contributed by atoms with van der Waals surface area (Å²) in [5.74, 6) is 0. The third-order valence-corrected chi connectivity index (χ3v) is 1.64. The molecule has 0 saturated carbocycles. The Hall–Kier alpha value is 0.250. The van der Waals surface area contributed by atoms with Crippen LogP contribution in [0, 0.1) is 0 Å². The van der Waals surface area contributed by atoms with E-state index in [9.17, 15) is 0 Å². The maximum absolute atomic E-state index is 5.65. The van der Waals surface area contributed by atoms with Crippen LogP contribution in [-0.4, -0.2) is 17.5 Å². The maximum atomic E-state index is 5.65. The Morgan fingerprint density at radius 2 is 1.57 bits per heavy atom. The summed E-state index contributed by atoms with van der Waals surface area (Å²) in [4.78, 5) is 0. The molecule has 1 aliphatic rings. The van der Waals surface area contributed by atoms with E-state index in [1.54, 1.807) is 0 Å². The summed E-state index contributed by atoms with van der Waals surface area (Å²) in [5, 5.41) is 0. The first-order valence-electron chi connectivity index (χ1n) is 2.80. The lowest BCUT2D eigenvalue weighted by Gasteiger charge is -2.17. The average Bonchev–Trinajstić information content (AvgIpc) is 1.69. The molecule has 1 heterocycles. The molecule has 0 amide bonds. The van der Waals surface area contributed by atoms with Crippen molar-refractivity contribution >= 4 is 11.8 Å². The van der Waals surface area contributed by atoms with Gasteiger partial charge in [0, 0.05) is 13.1 Å². The molecule has 7 heavy (non-hydrogen) atoms. The second kappa shape index (κ2) is 2.53. The summed E-state index contributed by atoms with van der Waals surface area (Å²) in [7, 11) is 0. The lowest BCUT2D eigenvalue weighted by molar-refractivity contribution is 0.369. The quantitative estimate of drug-likeness (QED) is 0.438. The van der Waals surface area contributed by atoms with Crippen molar-refractivity contribution < 1.29 is 0 Å². The molecule has 0 aromatic rings. The van der Waals surface area contributed by atoms with Crippen LogP contribution in [0.5, 0.6) is 0 Å². The van der Waals surface area contributed by atoms with E-state index in [4.69, 9.17) is 11.8 Å². The van der Waals surface area contributed by atoms with Crippen molar-refractivity contribution in [3.8, 4) is 0 Å². The number of hydrogen-bond acceptors (Lipinski definition) is 1. The molecule has 0 aliphatic carbocycles. The zero-order valence-corrected chi connectivity index (χ0v) is 5.12. The van der Waals surface area contributed by atoms with Gasteiger partial charge in [0.15, 0.2) is 0 Å². The second-order valence-corrected chi connectivity index (χ2v) is 2.45.